The van der Waals surface area contributed by atoms with Crippen LogP contribution in [-0.4, -0.2) is 0 Å². The molecule has 0 aliphatic heterocycles. The first-order valence-electron chi connectivity index (χ1n) is 11.3. The molecule has 144 valence electrons. The summed E-state index contributed by atoms with van der Waals surface area (Å²) in [6, 6.07) is 0. The minimum absolute atomic E-state index is 0.548. The van der Waals surface area contributed by atoms with Crippen molar-refractivity contribution >= 4 is 0 Å². The lowest BCUT2D eigenvalue weighted by atomic mass is 9.60. The third-order valence-corrected chi connectivity index (χ3v) is 7.50. The topological polar surface area (TPSA) is 0 Å². The summed E-state index contributed by atoms with van der Waals surface area (Å²) in [6.07, 6.45) is 16.0. The van der Waals surface area contributed by atoms with Gasteiger partial charge in [-0.05, 0) is 54.3 Å². The third kappa shape index (κ3) is 7.09. The summed E-state index contributed by atoms with van der Waals surface area (Å²) in [6.45, 7) is 17.5. The van der Waals surface area contributed by atoms with Crippen LogP contribution >= 0.6 is 0 Å². The Hall–Kier alpha value is 0. The second kappa shape index (κ2) is 10.9. The molecule has 0 aromatic heterocycles. The highest BCUT2D eigenvalue weighted by Crippen LogP contribution is 2.48. The Labute approximate surface area is 154 Å². The van der Waals surface area contributed by atoms with E-state index in [1.54, 1.807) is 0 Å². The Morgan fingerprint density at radius 1 is 0.917 bits per heavy atom. The Kier molecular flexibility index (Phi) is 9.98. The zero-order valence-corrected chi connectivity index (χ0v) is 18.2. The molecule has 0 heterocycles. The van der Waals surface area contributed by atoms with Crippen molar-refractivity contribution in [3.05, 3.63) is 0 Å². The van der Waals surface area contributed by atoms with Gasteiger partial charge >= 0.3 is 0 Å². The quantitative estimate of drug-likeness (QED) is 0.472. The maximum absolute atomic E-state index is 2.67. The van der Waals surface area contributed by atoms with Crippen LogP contribution in [0, 0.1) is 35.0 Å². The molecule has 24 heavy (non-hydrogen) atoms. The van der Waals surface area contributed by atoms with Gasteiger partial charge in [-0.2, -0.15) is 0 Å². The molecule has 0 heteroatoms. The Bertz CT molecular complexity index is 318. The van der Waals surface area contributed by atoms with E-state index in [2.05, 4.69) is 48.5 Å². The van der Waals surface area contributed by atoms with Crippen LogP contribution in [0.15, 0.2) is 0 Å². The second-order valence-corrected chi connectivity index (χ2v) is 10.1. The van der Waals surface area contributed by atoms with E-state index in [0.29, 0.717) is 5.41 Å². The van der Waals surface area contributed by atoms with E-state index in [0.717, 1.165) is 29.6 Å². The van der Waals surface area contributed by atoms with Crippen molar-refractivity contribution in [2.24, 2.45) is 35.0 Å². The fraction of sp³-hybridized carbons (Fsp3) is 1.00. The van der Waals surface area contributed by atoms with Gasteiger partial charge in [0.1, 0.15) is 0 Å². The van der Waals surface area contributed by atoms with Crippen LogP contribution in [0.2, 0.25) is 0 Å². The molecule has 1 fully saturated rings. The van der Waals surface area contributed by atoms with Crippen molar-refractivity contribution in [3.63, 3.8) is 0 Å². The van der Waals surface area contributed by atoms with Crippen LogP contribution in [0.25, 0.3) is 0 Å². The van der Waals surface area contributed by atoms with Crippen LogP contribution < -0.4 is 0 Å². The molecule has 1 rings (SSSR count). The number of hydrogen-bond acceptors (Lipinski definition) is 0. The largest absolute Gasteiger partial charge is 0.0651 e. The molecule has 5 atom stereocenters. The van der Waals surface area contributed by atoms with Crippen molar-refractivity contribution in [2.45, 2.75) is 119 Å². The SMILES string of the molecule is CCC(C)C1CC(C)CCCCCCCCC1(C)CC(C)C(C)C. The summed E-state index contributed by atoms with van der Waals surface area (Å²) in [5.41, 5.74) is 0.548. The van der Waals surface area contributed by atoms with E-state index in [1.807, 2.05) is 0 Å². The summed E-state index contributed by atoms with van der Waals surface area (Å²) in [4.78, 5) is 0. The molecule has 5 unspecified atom stereocenters. The predicted molar refractivity (Wildman–Crippen MR) is 110 cm³/mol. The highest BCUT2D eigenvalue weighted by Gasteiger charge is 2.38. The number of hydrogen-bond donors (Lipinski definition) is 0. The van der Waals surface area contributed by atoms with Crippen LogP contribution in [0.5, 0.6) is 0 Å². The highest BCUT2D eigenvalue weighted by molar-refractivity contribution is 4.88. The molecule has 0 bridgehead atoms. The van der Waals surface area contributed by atoms with Crippen LogP contribution in [0.4, 0.5) is 0 Å². The van der Waals surface area contributed by atoms with E-state index in [4.69, 9.17) is 0 Å². The Morgan fingerprint density at radius 3 is 2.08 bits per heavy atom. The summed E-state index contributed by atoms with van der Waals surface area (Å²) in [5, 5.41) is 0. The maximum Gasteiger partial charge on any atom is -0.0292 e. The van der Waals surface area contributed by atoms with Gasteiger partial charge in [0.2, 0.25) is 0 Å². The van der Waals surface area contributed by atoms with Gasteiger partial charge in [-0.1, -0.05) is 99.8 Å². The van der Waals surface area contributed by atoms with E-state index in [1.165, 1.54) is 70.6 Å². The molecule has 0 aromatic carbocycles. The summed E-state index contributed by atoms with van der Waals surface area (Å²) < 4.78 is 0. The van der Waals surface area contributed by atoms with Gasteiger partial charge < -0.3 is 0 Å². The molecule has 1 aliphatic carbocycles. The van der Waals surface area contributed by atoms with Crippen molar-refractivity contribution in [3.8, 4) is 0 Å². The van der Waals surface area contributed by atoms with Crippen molar-refractivity contribution in [2.75, 3.05) is 0 Å². The average Bonchev–Trinajstić information content (AvgIpc) is 2.53. The molecule has 0 aromatic rings. The molecular weight excluding hydrogens is 288 g/mol. The normalized spacial score (nSPS) is 33.5. The highest BCUT2D eigenvalue weighted by atomic mass is 14.4. The van der Waals surface area contributed by atoms with Crippen molar-refractivity contribution in [1.82, 2.24) is 0 Å². The van der Waals surface area contributed by atoms with Gasteiger partial charge in [0, 0.05) is 0 Å². The minimum atomic E-state index is 0.548. The van der Waals surface area contributed by atoms with E-state index in [9.17, 15) is 0 Å². The predicted octanol–water partition coefficient (Wildman–Crippen LogP) is 8.50. The third-order valence-electron chi connectivity index (χ3n) is 7.50. The van der Waals surface area contributed by atoms with Gasteiger partial charge in [-0.25, -0.2) is 0 Å². The van der Waals surface area contributed by atoms with Gasteiger partial charge in [0.25, 0.3) is 0 Å². The van der Waals surface area contributed by atoms with Crippen molar-refractivity contribution in [1.29, 1.82) is 0 Å². The van der Waals surface area contributed by atoms with Crippen LogP contribution in [0.3, 0.4) is 0 Å². The molecule has 1 aliphatic rings. The summed E-state index contributed by atoms with van der Waals surface area (Å²) >= 11 is 0. The zero-order valence-electron chi connectivity index (χ0n) is 18.2. The summed E-state index contributed by atoms with van der Waals surface area (Å²) in [5.74, 6) is 4.37. The minimum Gasteiger partial charge on any atom is -0.0651 e. The fourth-order valence-electron chi connectivity index (χ4n) is 5.18. The smallest absolute Gasteiger partial charge is 0.0292 e. The first-order valence-corrected chi connectivity index (χ1v) is 11.3. The molecular formula is C24H48. The maximum atomic E-state index is 2.67. The molecule has 0 amide bonds. The van der Waals surface area contributed by atoms with E-state index in [-0.39, 0.29) is 0 Å². The molecule has 0 radical (unpaired) electrons. The Morgan fingerprint density at radius 2 is 1.50 bits per heavy atom. The second-order valence-electron chi connectivity index (χ2n) is 10.1. The lowest BCUT2D eigenvalue weighted by Gasteiger charge is -2.45. The van der Waals surface area contributed by atoms with Gasteiger partial charge in [0.15, 0.2) is 0 Å². The zero-order chi connectivity index (χ0) is 18.2. The Balaban J connectivity index is 2.99. The molecule has 0 N–H and O–H groups in total. The lowest BCUT2D eigenvalue weighted by molar-refractivity contribution is 0.0505. The van der Waals surface area contributed by atoms with Gasteiger partial charge in [-0.3, -0.25) is 0 Å². The van der Waals surface area contributed by atoms with Gasteiger partial charge in [-0.15, -0.1) is 0 Å². The molecule has 0 spiro atoms. The molecule has 1 saturated carbocycles. The van der Waals surface area contributed by atoms with E-state index >= 15 is 0 Å². The molecule has 0 saturated heterocycles. The first-order chi connectivity index (χ1) is 11.3. The fourth-order valence-corrected chi connectivity index (χ4v) is 5.18. The van der Waals surface area contributed by atoms with E-state index < -0.39 is 0 Å². The summed E-state index contributed by atoms with van der Waals surface area (Å²) in [7, 11) is 0. The van der Waals surface area contributed by atoms with Gasteiger partial charge in [0.05, 0.1) is 0 Å². The van der Waals surface area contributed by atoms with Crippen LogP contribution in [0.1, 0.15) is 119 Å². The standard InChI is InChI=1S/C24H48/c1-8-21(5)23-17-20(4)15-13-11-9-10-12-14-16-24(23,7)18-22(6)19(2)3/h19-23H,8-18H2,1-7H3. The average molecular weight is 337 g/mol. The monoisotopic (exact) mass is 336 g/mol. The first kappa shape index (κ1) is 22.0. The lowest BCUT2D eigenvalue weighted by Crippen LogP contribution is -2.36. The number of rotatable bonds is 5. The molecule has 0 nitrogen and oxygen atoms in total. The van der Waals surface area contributed by atoms with Crippen LogP contribution in [-0.2, 0) is 0 Å². The van der Waals surface area contributed by atoms with Crippen molar-refractivity contribution < 1.29 is 0 Å².